The molecule has 0 atom stereocenters. The van der Waals surface area contributed by atoms with Crippen molar-refractivity contribution < 1.29 is 4.79 Å². The molecule has 0 aliphatic rings. The number of hydrogen-bond acceptors (Lipinski definition) is 2. The molecule has 3 N–H and O–H groups in total. The molecule has 0 fully saturated rings. The molecule has 0 saturated heterocycles. The second-order valence-electron chi connectivity index (χ2n) is 6.41. The molecule has 158 valence electrons. The highest BCUT2D eigenvalue weighted by Crippen LogP contribution is 2.16. The zero-order chi connectivity index (χ0) is 20.2. The van der Waals surface area contributed by atoms with Crippen LogP contribution in [0, 0.1) is 0 Å². The molecule has 0 aliphatic carbocycles. The van der Waals surface area contributed by atoms with E-state index in [0.29, 0.717) is 5.56 Å². The van der Waals surface area contributed by atoms with Crippen LogP contribution in [0.5, 0.6) is 0 Å². The van der Waals surface area contributed by atoms with Crippen molar-refractivity contribution in [2.75, 3.05) is 26.7 Å². The summed E-state index contributed by atoms with van der Waals surface area (Å²) in [7, 11) is 1.64. The Bertz CT molecular complexity index is 798. The highest BCUT2D eigenvalue weighted by atomic mass is 127. The van der Waals surface area contributed by atoms with Crippen molar-refractivity contribution >= 4 is 47.4 Å². The van der Waals surface area contributed by atoms with Crippen LogP contribution in [-0.2, 0) is 12.8 Å². The summed E-state index contributed by atoms with van der Waals surface area (Å²) in [5.74, 6) is 0.743. The monoisotopic (exact) mass is 528 g/mol. The van der Waals surface area contributed by atoms with E-state index in [1.54, 1.807) is 7.05 Å². The molecule has 1 amide bonds. The van der Waals surface area contributed by atoms with Gasteiger partial charge < -0.3 is 16.0 Å². The third-order valence-corrected chi connectivity index (χ3v) is 4.67. The summed E-state index contributed by atoms with van der Waals surface area (Å²) in [6, 6.07) is 15.6. The summed E-state index contributed by atoms with van der Waals surface area (Å²) in [5, 5.41) is 10.1. The van der Waals surface area contributed by atoms with Crippen molar-refractivity contribution in [3.8, 4) is 0 Å². The zero-order valence-electron chi connectivity index (χ0n) is 17.0. The van der Waals surface area contributed by atoms with E-state index >= 15 is 0 Å². The van der Waals surface area contributed by atoms with Gasteiger partial charge in [0.15, 0.2) is 5.96 Å². The molecule has 0 unspecified atom stereocenters. The average Bonchev–Trinajstić information content (AvgIpc) is 2.72. The third-order valence-electron chi connectivity index (χ3n) is 4.30. The van der Waals surface area contributed by atoms with Crippen LogP contribution in [0.25, 0.3) is 0 Å². The lowest BCUT2D eigenvalue weighted by molar-refractivity contribution is 0.0963. The normalized spacial score (nSPS) is 10.8. The summed E-state index contributed by atoms with van der Waals surface area (Å²) >= 11 is 6.20. The fourth-order valence-corrected chi connectivity index (χ4v) is 3.07. The summed E-state index contributed by atoms with van der Waals surface area (Å²) in [6.07, 6.45) is 2.66. The number of hydrogen-bond donors (Lipinski definition) is 3. The number of carbonyl (C=O) groups is 1. The molecule has 29 heavy (non-hydrogen) atoms. The Labute approximate surface area is 195 Å². The van der Waals surface area contributed by atoms with Crippen molar-refractivity contribution in [1.29, 1.82) is 0 Å². The Morgan fingerprint density at radius 2 is 1.86 bits per heavy atom. The summed E-state index contributed by atoms with van der Waals surface area (Å²) in [5.41, 5.74) is 2.96. The molecule has 0 bridgehead atoms. The summed E-state index contributed by atoms with van der Waals surface area (Å²) in [6.45, 7) is 4.33. The highest BCUT2D eigenvalue weighted by Gasteiger charge is 2.04. The zero-order valence-corrected chi connectivity index (χ0v) is 20.1. The number of aryl methyl sites for hydroxylation is 1. The standard InChI is InChI=1S/C22H29ClN4O.HI/c1-3-25-22(26-14-7-11-18-9-4-5-12-20(18)23)27-15-13-17-8-6-10-19(16-17)21(28)24-2;/h4-6,8-10,12,16H,3,7,11,13-15H2,1-2H3,(H,24,28)(H2,25,26,27);1H. The molecule has 0 saturated carbocycles. The molecule has 5 nitrogen and oxygen atoms in total. The molecule has 2 rings (SSSR count). The fourth-order valence-electron chi connectivity index (χ4n) is 2.84. The lowest BCUT2D eigenvalue weighted by Gasteiger charge is -2.12. The van der Waals surface area contributed by atoms with Crippen LogP contribution >= 0.6 is 35.6 Å². The number of benzene rings is 2. The minimum atomic E-state index is -0.0665. The Morgan fingerprint density at radius 1 is 1.07 bits per heavy atom. The Balaban J connectivity index is 0.00000420. The first-order chi connectivity index (χ1) is 13.6. The molecule has 2 aromatic rings. The molecular weight excluding hydrogens is 499 g/mol. The average molecular weight is 529 g/mol. The number of carbonyl (C=O) groups excluding carboxylic acids is 1. The van der Waals surface area contributed by atoms with Crippen molar-refractivity contribution in [1.82, 2.24) is 16.0 Å². The van der Waals surface area contributed by atoms with Crippen LogP contribution in [0.1, 0.15) is 34.8 Å². The first-order valence-electron chi connectivity index (χ1n) is 9.70. The van der Waals surface area contributed by atoms with Crippen LogP contribution in [0.15, 0.2) is 53.5 Å². The predicted molar refractivity (Wildman–Crippen MR) is 133 cm³/mol. The topological polar surface area (TPSA) is 65.5 Å². The summed E-state index contributed by atoms with van der Waals surface area (Å²) < 4.78 is 0. The predicted octanol–water partition coefficient (Wildman–Crippen LogP) is 4.05. The van der Waals surface area contributed by atoms with Gasteiger partial charge in [0.1, 0.15) is 0 Å². The van der Waals surface area contributed by atoms with E-state index in [2.05, 4.69) is 27.0 Å². The number of nitrogens with one attached hydrogen (secondary N) is 3. The van der Waals surface area contributed by atoms with Gasteiger partial charge in [-0.3, -0.25) is 9.79 Å². The molecular formula is C22H30ClIN4O. The van der Waals surface area contributed by atoms with Crippen molar-refractivity contribution in [3.63, 3.8) is 0 Å². The molecule has 0 radical (unpaired) electrons. The van der Waals surface area contributed by atoms with E-state index in [9.17, 15) is 4.79 Å². The van der Waals surface area contributed by atoms with Gasteiger partial charge in [0, 0.05) is 37.3 Å². The smallest absolute Gasteiger partial charge is 0.251 e. The SMILES string of the molecule is CCNC(=NCCCc1ccccc1Cl)NCCc1cccc(C(=O)NC)c1.I. The van der Waals surface area contributed by atoms with E-state index in [4.69, 9.17) is 11.6 Å². The Kier molecular flexibility index (Phi) is 12.4. The first-order valence-corrected chi connectivity index (χ1v) is 10.1. The maximum Gasteiger partial charge on any atom is 0.251 e. The minimum absolute atomic E-state index is 0. The van der Waals surface area contributed by atoms with Gasteiger partial charge in [0.25, 0.3) is 5.91 Å². The molecule has 0 spiro atoms. The second-order valence-corrected chi connectivity index (χ2v) is 6.82. The van der Waals surface area contributed by atoms with Crippen LogP contribution in [-0.4, -0.2) is 38.5 Å². The number of halogens is 2. The second kappa shape index (κ2) is 14.2. The van der Waals surface area contributed by atoms with E-state index in [1.165, 1.54) is 0 Å². The lowest BCUT2D eigenvalue weighted by Crippen LogP contribution is -2.38. The van der Waals surface area contributed by atoms with Gasteiger partial charge in [0.2, 0.25) is 0 Å². The van der Waals surface area contributed by atoms with Crippen LogP contribution < -0.4 is 16.0 Å². The third kappa shape index (κ3) is 9.04. The van der Waals surface area contributed by atoms with E-state index in [-0.39, 0.29) is 29.9 Å². The number of rotatable bonds is 9. The Morgan fingerprint density at radius 3 is 2.59 bits per heavy atom. The van der Waals surface area contributed by atoms with E-state index in [1.807, 2.05) is 49.4 Å². The van der Waals surface area contributed by atoms with Gasteiger partial charge in [0.05, 0.1) is 0 Å². The van der Waals surface area contributed by atoms with Gasteiger partial charge in [-0.25, -0.2) is 0 Å². The maximum absolute atomic E-state index is 11.7. The largest absolute Gasteiger partial charge is 0.357 e. The summed E-state index contributed by atoms with van der Waals surface area (Å²) in [4.78, 5) is 16.4. The lowest BCUT2D eigenvalue weighted by atomic mass is 10.1. The Hall–Kier alpha value is -1.80. The molecule has 7 heteroatoms. The van der Waals surface area contributed by atoms with Crippen molar-refractivity contribution in [2.45, 2.75) is 26.2 Å². The molecule has 2 aromatic carbocycles. The number of nitrogens with zero attached hydrogens (tertiary/aromatic N) is 1. The number of aliphatic imine (C=N–C) groups is 1. The van der Waals surface area contributed by atoms with Crippen molar-refractivity contribution in [2.24, 2.45) is 4.99 Å². The first kappa shape index (κ1) is 25.2. The van der Waals surface area contributed by atoms with E-state index < -0.39 is 0 Å². The van der Waals surface area contributed by atoms with Gasteiger partial charge in [-0.2, -0.15) is 0 Å². The molecule has 0 aliphatic heterocycles. The van der Waals surface area contributed by atoms with Crippen LogP contribution in [0.2, 0.25) is 5.02 Å². The van der Waals surface area contributed by atoms with Gasteiger partial charge in [-0.1, -0.05) is 41.9 Å². The fraction of sp³-hybridized carbons (Fsp3) is 0.364. The minimum Gasteiger partial charge on any atom is -0.357 e. The quantitative estimate of drug-likeness (QED) is 0.199. The maximum atomic E-state index is 11.7. The van der Waals surface area contributed by atoms with Crippen molar-refractivity contribution in [3.05, 3.63) is 70.2 Å². The van der Waals surface area contributed by atoms with Gasteiger partial charge in [-0.05, 0) is 55.5 Å². The number of amides is 1. The van der Waals surface area contributed by atoms with Crippen LogP contribution in [0.4, 0.5) is 0 Å². The number of guanidine groups is 1. The molecule has 0 aromatic heterocycles. The molecule has 0 heterocycles. The highest BCUT2D eigenvalue weighted by molar-refractivity contribution is 14.0. The van der Waals surface area contributed by atoms with Gasteiger partial charge in [-0.15, -0.1) is 24.0 Å². The van der Waals surface area contributed by atoms with Gasteiger partial charge >= 0.3 is 0 Å². The van der Waals surface area contributed by atoms with E-state index in [0.717, 1.165) is 61.0 Å². The van der Waals surface area contributed by atoms with Crippen LogP contribution in [0.3, 0.4) is 0 Å².